The van der Waals surface area contributed by atoms with E-state index in [1.807, 2.05) is 6.92 Å². The molecule has 0 unspecified atom stereocenters. The van der Waals surface area contributed by atoms with Crippen molar-refractivity contribution in [2.75, 3.05) is 4.72 Å². The summed E-state index contributed by atoms with van der Waals surface area (Å²) in [7, 11) is -3.58. The minimum absolute atomic E-state index is 0.139. The second kappa shape index (κ2) is 3.87. The van der Waals surface area contributed by atoms with Crippen molar-refractivity contribution in [3.8, 4) is 0 Å². The molecule has 16 heavy (non-hydrogen) atoms. The standard InChI is InChI=1S/C8H10N4O2S2/c1-5-3-9-8(15-5)12-16(13,14)7-4-10-11-6(7)2/h3-4H,1-2H3,(H,9,12)(H,10,11). The Bertz CT molecular complexity index is 599. The van der Waals surface area contributed by atoms with Crippen LogP contribution in [0.25, 0.3) is 0 Å². The molecule has 6 nitrogen and oxygen atoms in total. The van der Waals surface area contributed by atoms with Gasteiger partial charge in [0.25, 0.3) is 10.0 Å². The number of anilines is 1. The molecule has 8 heteroatoms. The quantitative estimate of drug-likeness (QED) is 0.868. The summed E-state index contributed by atoms with van der Waals surface area (Å²) in [6.07, 6.45) is 2.89. The smallest absolute Gasteiger partial charge is 0.267 e. The molecular weight excluding hydrogens is 248 g/mol. The minimum atomic E-state index is -3.58. The number of rotatable bonds is 3. The molecule has 0 aliphatic heterocycles. The van der Waals surface area contributed by atoms with Gasteiger partial charge in [-0.25, -0.2) is 13.4 Å². The number of aryl methyl sites for hydroxylation is 2. The summed E-state index contributed by atoms with van der Waals surface area (Å²) in [6, 6.07) is 0. The van der Waals surface area contributed by atoms with Gasteiger partial charge >= 0.3 is 0 Å². The molecule has 0 fully saturated rings. The maximum absolute atomic E-state index is 11.9. The van der Waals surface area contributed by atoms with Gasteiger partial charge in [0.2, 0.25) is 0 Å². The van der Waals surface area contributed by atoms with Crippen LogP contribution in [0.2, 0.25) is 0 Å². The van der Waals surface area contributed by atoms with Gasteiger partial charge in [-0.3, -0.25) is 9.82 Å². The van der Waals surface area contributed by atoms with Crippen LogP contribution in [0, 0.1) is 13.8 Å². The monoisotopic (exact) mass is 258 g/mol. The van der Waals surface area contributed by atoms with E-state index in [4.69, 9.17) is 0 Å². The first-order valence-electron chi connectivity index (χ1n) is 4.44. The van der Waals surface area contributed by atoms with Crippen LogP contribution in [0.1, 0.15) is 10.6 Å². The third kappa shape index (κ3) is 2.07. The molecule has 0 saturated heterocycles. The predicted octanol–water partition coefficient (Wildman–Crippen LogP) is 1.28. The van der Waals surface area contributed by atoms with Crippen molar-refractivity contribution in [1.82, 2.24) is 15.2 Å². The molecule has 2 heterocycles. The zero-order valence-corrected chi connectivity index (χ0v) is 10.3. The first-order valence-corrected chi connectivity index (χ1v) is 6.74. The van der Waals surface area contributed by atoms with Crippen molar-refractivity contribution >= 4 is 26.5 Å². The van der Waals surface area contributed by atoms with Gasteiger partial charge in [0, 0.05) is 11.1 Å². The second-order valence-electron chi connectivity index (χ2n) is 3.24. The van der Waals surface area contributed by atoms with E-state index in [0.29, 0.717) is 10.8 Å². The molecule has 0 saturated carbocycles. The largest absolute Gasteiger partial charge is 0.281 e. The summed E-state index contributed by atoms with van der Waals surface area (Å²) in [4.78, 5) is 5.02. The Morgan fingerprint density at radius 1 is 1.38 bits per heavy atom. The summed E-state index contributed by atoms with van der Waals surface area (Å²) in [5.41, 5.74) is 0.501. The average molecular weight is 258 g/mol. The van der Waals surface area contributed by atoms with Gasteiger partial charge in [-0.15, -0.1) is 11.3 Å². The van der Waals surface area contributed by atoms with Gasteiger partial charge in [-0.2, -0.15) is 5.10 Å². The van der Waals surface area contributed by atoms with Crippen LogP contribution >= 0.6 is 11.3 Å². The van der Waals surface area contributed by atoms with Crippen LogP contribution in [0.4, 0.5) is 5.13 Å². The van der Waals surface area contributed by atoms with Crippen molar-refractivity contribution in [3.05, 3.63) is 23.0 Å². The van der Waals surface area contributed by atoms with E-state index in [1.165, 1.54) is 17.5 Å². The molecule has 0 radical (unpaired) electrons. The third-order valence-corrected chi connectivity index (χ3v) is 4.33. The lowest BCUT2D eigenvalue weighted by Gasteiger charge is -2.02. The normalized spacial score (nSPS) is 11.6. The maximum Gasteiger partial charge on any atom is 0.267 e. The van der Waals surface area contributed by atoms with E-state index in [0.717, 1.165) is 4.88 Å². The molecule has 0 aliphatic carbocycles. The summed E-state index contributed by atoms with van der Waals surface area (Å²) in [5.74, 6) is 0. The topological polar surface area (TPSA) is 87.7 Å². The molecule has 0 atom stereocenters. The number of nitrogens with zero attached hydrogens (tertiary/aromatic N) is 2. The highest BCUT2D eigenvalue weighted by Crippen LogP contribution is 2.21. The van der Waals surface area contributed by atoms with Gasteiger partial charge < -0.3 is 0 Å². The predicted molar refractivity (Wildman–Crippen MR) is 61.0 cm³/mol. The first-order chi connectivity index (χ1) is 7.49. The maximum atomic E-state index is 11.9. The van der Waals surface area contributed by atoms with Crippen LogP contribution in [0.15, 0.2) is 17.3 Å². The van der Waals surface area contributed by atoms with Crippen molar-refractivity contribution in [2.45, 2.75) is 18.7 Å². The Kier molecular flexibility index (Phi) is 2.68. The number of H-pyrrole nitrogens is 1. The lowest BCUT2D eigenvalue weighted by Crippen LogP contribution is -2.13. The number of thiazole rings is 1. The van der Waals surface area contributed by atoms with Crippen molar-refractivity contribution in [2.24, 2.45) is 0 Å². The number of hydrogen-bond donors (Lipinski definition) is 2. The third-order valence-electron chi connectivity index (χ3n) is 1.92. The zero-order valence-electron chi connectivity index (χ0n) is 8.68. The fourth-order valence-corrected chi connectivity index (χ4v) is 3.23. The lowest BCUT2D eigenvalue weighted by molar-refractivity contribution is 0.600. The molecule has 0 spiro atoms. The molecule has 86 valence electrons. The lowest BCUT2D eigenvalue weighted by atomic mass is 10.5. The summed E-state index contributed by atoms with van der Waals surface area (Å²) in [5, 5.41) is 6.61. The molecule has 0 aliphatic rings. The zero-order chi connectivity index (χ0) is 11.8. The molecule has 0 aromatic carbocycles. The average Bonchev–Trinajstić information content (AvgIpc) is 2.74. The van der Waals surface area contributed by atoms with E-state index in [9.17, 15) is 8.42 Å². The minimum Gasteiger partial charge on any atom is -0.281 e. The Hall–Kier alpha value is -1.41. The van der Waals surface area contributed by atoms with Crippen molar-refractivity contribution < 1.29 is 8.42 Å². The fourth-order valence-electron chi connectivity index (χ4n) is 1.18. The molecule has 2 rings (SSSR count). The Morgan fingerprint density at radius 2 is 2.12 bits per heavy atom. The van der Waals surface area contributed by atoms with Crippen LogP contribution in [-0.4, -0.2) is 23.6 Å². The van der Waals surface area contributed by atoms with Crippen LogP contribution in [0.5, 0.6) is 0 Å². The van der Waals surface area contributed by atoms with Crippen LogP contribution in [0.3, 0.4) is 0 Å². The number of sulfonamides is 1. The van der Waals surface area contributed by atoms with E-state index in [-0.39, 0.29) is 4.90 Å². The molecule has 2 aromatic heterocycles. The Balaban J connectivity index is 2.31. The molecular formula is C8H10N4O2S2. The van der Waals surface area contributed by atoms with Crippen LogP contribution < -0.4 is 4.72 Å². The van der Waals surface area contributed by atoms with Crippen molar-refractivity contribution in [1.29, 1.82) is 0 Å². The van der Waals surface area contributed by atoms with Gasteiger partial charge in [-0.05, 0) is 13.8 Å². The highest BCUT2D eigenvalue weighted by Gasteiger charge is 2.19. The fraction of sp³-hybridized carbons (Fsp3) is 0.250. The molecule has 2 N–H and O–H groups in total. The Morgan fingerprint density at radius 3 is 2.62 bits per heavy atom. The number of aromatic amines is 1. The van der Waals surface area contributed by atoms with Gasteiger partial charge in [0.05, 0.1) is 11.9 Å². The SMILES string of the molecule is Cc1cnc(NS(=O)(=O)c2cn[nH]c2C)s1. The van der Waals surface area contributed by atoms with E-state index < -0.39 is 10.0 Å². The Labute approximate surface area is 96.8 Å². The highest BCUT2D eigenvalue weighted by atomic mass is 32.2. The van der Waals surface area contributed by atoms with Crippen LogP contribution in [-0.2, 0) is 10.0 Å². The van der Waals surface area contributed by atoms with E-state index >= 15 is 0 Å². The van der Waals surface area contributed by atoms with E-state index in [1.54, 1.807) is 13.1 Å². The molecule has 0 amide bonds. The van der Waals surface area contributed by atoms with Gasteiger partial charge in [-0.1, -0.05) is 0 Å². The van der Waals surface area contributed by atoms with Gasteiger partial charge in [0.1, 0.15) is 4.90 Å². The molecule has 0 bridgehead atoms. The summed E-state index contributed by atoms with van der Waals surface area (Å²) in [6.45, 7) is 3.51. The number of nitrogens with one attached hydrogen (secondary N) is 2. The number of aromatic nitrogens is 3. The van der Waals surface area contributed by atoms with Crippen molar-refractivity contribution in [3.63, 3.8) is 0 Å². The summed E-state index contributed by atoms with van der Waals surface area (Å²) < 4.78 is 26.2. The van der Waals surface area contributed by atoms with Gasteiger partial charge in [0.15, 0.2) is 5.13 Å². The van der Waals surface area contributed by atoms with E-state index in [2.05, 4.69) is 19.9 Å². The first kappa shape index (κ1) is 11.1. The number of hydrogen-bond acceptors (Lipinski definition) is 5. The molecule has 2 aromatic rings. The highest BCUT2D eigenvalue weighted by molar-refractivity contribution is 7.93. The summed E-state index contributed by atoms with van der Waals surface area (Å²) >= 11 is 1.29. The second-order valence-corrected chi connectivity index (χ2v) is 6.13.